The molecule has 2 aromatic carbocycles. The predicted molar refractivity (Wildman–Crippen MR) is 113 cm³/mol. The van der Waals surface area contributed by atoms with Crippen LogP contribution in [0.15, 0.2) is 54.7 Å². The van der Waals surface area contributed by atoms with Crippen molar-refractivity contribution in [3.63, 3.8) is 0 Å². The van der Waals surface area contributed by atoms with E-state index < -0.39 is 0 Å². The van der Waals surface area contributed by atoms with Gasteiger partial charge in [0.25, 0.3) is 5.91 Å². The maximum atomic E-state index is 13.7. The maximum absolute atomic E-state index is 13.7. The molecular formula is C23H23FN4O2. The summed E-state index contributed by atoms with van der Waals surface area (Å²) < 4.78 is 13.7. The summed E-state index contributed by atoms with van der Waals surface area (Å²) in [6, 6.07) is 13.8. The molecule has 0 saturated carbocycles. The number of hydrogen-bond acceptors (Lipinski definition) is 3. The van der Waals surface area contributed by atoms with Crippen molar-refractivity contribution in [2.45, 2.75) is 12.0 Å². The molecule has 0 radical (unpaired) electrons. The lowest BCUT2D eigenvalue weighted by Gasteiger charge is -2.46. The summed E-state index contributed by atoms with van der Waals surface area (Å²) in [4.78, 5) is 34.6. The first kappa shape index (κ1) is 18.8. The fraction of sp³-hybridized carbons (Fsp3) is 0.304. The monoisotopic (exact) mass is 406 g/mol. The maximum Gasteiger partial charge on any atom is 0.253 e. The van der Waals surface area contributed by atoms with Crippen molar-refractivity contribution in [1.29, 1.82) is 0 Å². The Kier molecular flexibility index (Phi) is 4.36. The Hall–Kier alpha value is -3.19. The molecule has 154 valence electrons. The highest BCUT2D eigenvalue weighted by molar-refractivity contribution is 5.99. The number of anilines is 1. The summed E-state index contributed by atoms with van der Waals surface area (Å²) in [5.74, 6) is -0.425. The number of aromatic amines is 1. The Morgan fingerprint density at radius 2 is 2.00 bits per heavy atom. The van der Waals surface area contributed by atoms with Crippen molar-refractivity contribution in [3.8, 4) is 0 Å². The van der Waals surface area contributed by atoms with Gasteiger partial charge < -0.3 is 14.8 Å². The zero-order valence-electron chi connectivity index (χ0n) is 16.8. The molecule has 1 spiro atoms. The van der Waals surface area contributed by atoms with E-state index >= 15 is 0 Å². The zero-order valence-corrected chi connectivity index (χ0v) is 16.8. The summed E-state index contributed by atoms with van der Waals surface area (Å²) in [5.41, 5.74) is 1.89. The minimum absolute atomic E-state index is 0.00224. The van der Waals surface area contributed by atoms with E-state index in [1.54, 1.807) is 17.0 Å². The fourth-order valence-electron chi connectivity index (χ4n) is 4.68. The molecule has 3 aromatic rings. The molecule has 1 N–H and O–H groups in total. The summed E-state index contributed by atoms with van der Waals surface area (Å²) in [6.07, 6.45) is 2.62. The third-order valence-corrected chi connectivity index (χ3v) is 6.48. The van der Waals surface area contributed by atoms with E-state index in [0.717, 1.165) is 17.3 Å². The summed E-state index contributed by atoms with van der Waals surface area (Å²) >= 11 is 0. The van der Waals surface area contributed by atoms with E-state index in [-0.39, 0.29) is 29.7 Å². The van der Waals surface area contributed by atoms with Crippen LogP contribution in [-0.4, -0.2) is 65.4 Å². The first-order chi connectivity index (χ1) is 14.4. The van der Waals surface area contributed by atoms with Gasteiger partial charge in [-0.1, -0.05) is 6.07 Å². The van der Waals surface area contributed by atoms with Gasteiger partial charge in [-0.3, -0.25) is 14.5 Å². The molecule has 2 aliphatic rings. The number of nitrogens with one attached hydrogen (secondary N) is 1. The van der Waals surface area contributed by atoms with Crippen LogP contribution in [0.1, 0.15) is 16.8 Å². The molecule has 0 aliphatic carbocycles. The highest BCUT2D eigenvalue weighted by atomic mass is 19.1. The average molecular weight is 406 g/mol. The molecule has 3 heterocycles. The van der Waals surface area contributed by atoms with Crippen molar-refractivity contribution < 1.29 is 14.0 Å². The molecule has 30 heavy (non-hydrogen) atoms. The molecule has 1 aromatic heterocycles. The van der Waals surface area contributed by atoms with E-state index in [9.17, 15) is 14.0 Å². The summed E-state index contributed by atoms with van der Waals surface area (Å²) in [7, 11) is 1.93. The van der Waals surface area contributed by atoms with Crippen LogP contribution in [0, 0.1) is 5.82 Å². The number of halogens is 1. The highest BCUT2D eigenvalue weighted by Gasteiger charge is 2.48. The molecule has 2 saturated heterocycles. The lowest BCUT2D eigenvalue weighted by Crippen LogP contribution is -2.64. The zero-order chi connectivity index (χ0) is 20.9. The number of hydrogen-bond donors (Lipinski definition) is 1. The van der Waals surface area contributed by atoms with Gasteiger partial charge in [-0.25, -0.2) is 4.39 Å². The molecule has 2 amide bonds. The normalized spacial score (nSPS) is 22.4. The van der Waals surface area contributed by atoms with Gasteiger partial charge in [0.15, 0.2) is 0 Å². The Morgan fingerprint density at radius 3 is 2.83 bits per heavy atom. The van der Waals surface area contributed by atoms with Crippen LogP contribution in [0.25, 0.3) is 10.9 Å². The number of amides is 2. The Balaban J connectivity index is 1.39. The number of aromatic nitrogens is 1. The minimum Gasteiger partial charge on any atom is -0.361 e. The third kappa shape index (κ3) is 3.06. The van der Waals surface area contributed by atoms with Crippen LogP contribution < -0.4 is 4.90 Å². The fourth-order valence-corrected chi connectivity index (χ4v) is 4.68. The molecule has 0 bridgehead atoms. The van der Waals surface area contributed by atoms with Crippen molar-refractivity contribution in [1.82, 2.24) is 14.8 Å². The van der Waals surface area contributed by atoms with E-state index in [1.165, 1.54) is 12.1 Å². The minimum atomic E-state index is -0.364. The number of likely N-dealkylation sites (tertiary alicyclic amines) is 1. The largest absolute Gasteiger partial charge is 0.361 e. The van der Waals surface area contributed by atoms with Crippen LogP contribution in [0.3, 0.4) is 0 Å². The Morgan fingerprint density at radius 1 is 1.13 bits per heavy atom. The van der Waals surface area contributed by atoms with Gasteiger partial charge in [-0.2, -0.15) is 0 Å². The van der Waals surface area contributed by atoms with Crippen molar-refractivity contribution in [2.75, 3.05) is 38.1 Å². The van der Waals surface area contributed by atoms with Crippen LogP contribution in [-0.2, 0) is 4.79 Å². The summed E-state index contributed by atoms with van der Waals surface area (Å²) in [5, 5.41) is 1.01. The Labute approximate surface area is 173 Å². The van der Waals surface area contributed by atoms with Gasteiger partial charge >= 0.3 is 0 Å². The highest BCUT2D eigenvalue weighted by Crippen LogP contribution is 2.34. The van der Waals surface area contributed by atoms with E-state index in [4.69, 9.17) is 0 Å². The quantitative estimate of drug-likeness (QED) is 0.712. The van der Waals surface area contributed by atoms with Crippen LogP contribution in [0.2, 0.25) is 0 Å². The second-order valence-electron chi connectivity index (χ2n) is 8.30. The third-order valence-electron chi connectivity index (χ3n) is 6.48. The van der Waals surface area contributed by atoms with E-state index in [1.807, 2.05) is 47.3 Å². The molecule has 2 fully saturated rings. The first-order valence-electron chi connectivity index (χ1n) is 10.1. The molecular weight excluding hydrogens is 383 g/mol. The predicted octanol–water partition coefficient (Wildman–Crippen LogP) is 2.87. The number of H-pyrrole nitrogens is 1. The van der Waals surface area contributed by atoms with Gasteiger partial charge in [0, 0.05) is 48.0 Å². The van der Waals surface area contributed by atoms with Gasteiger partial charge in [-0.15, -0.1) is 0 Å². The van der Waals surface area contributed by atoms with E-state index in [0.29, 0.717) is 30.9 Å². The number of carbonyl (C=O) groups excluding carboxylic acids is 2. The second kappa shape index (κ2) is 6.95. The smallest absolute Gasteiger partial charge is 0.253 e. The number of fused-ring (bicyclic) bond motifs is 1. The molecule has 6 nitrogen and oxygen atoms in total. The van der Waals surface area contributed by atoms with Crippen LogP contribution >= 0.6 is 0 Å². The standard InChI is InChI=1S/C23H23FN4O2/c1-26-13-21(29)28(19-4-2-3-18(24)12-19)15-23(26)8-10-27(14-23)22(30)17-5-6-20-16(11-17)7-9-25-20/h2-7,9,11-12,25H,8,10,13-15H2,1H3/t23-/m0/s1. The van der Waals surface area contributed by atoms with Crippen LogP contribution in [0.4, 0.5) is 10.1 Å². The van der Waals surface area contributed by atoms with Crippen molar-refractivity contribution in [2.24, 2.45) is 0 Å². The number of nitrogens with zero attached hydrogens (tertiary/aromatic N) is 3. The van der Waals surface area contributed by atoms with E-state index in [2.05, 4.69) is 4.98 Å². The summed E-state index contributed by atoms with van der Waals surface area (Å²) in [6.45, 7) is 1.84. The average Bonchev–Trinajstić information content (AvgIpc) is 3.38. The van der Waals surface area contributed by atoms with Crippen LogP contribution in [0.5, 0.6) is 0 Å². The van der Waals surface area contributed by atoms with Crippen molar-refractivity contribution in [3.05, 3.63) is 66.1 Å². The number of likely N-dealkylation sites (N-methyl/N-ethyl adjacent to an activating group) is 1. The lowest BCUT2D eigenvalue weighted by atomic mass is 9.92. The Bertz CT molecular complexity index is 1140. The van der Waals surface area contributed by atoms with Gasteiger partial charge in [0.1, 0.15) is 5.82 Å². The van der Waals surface area contributed by atoms with Gasteiger partial charge in [-0.05, 0) is 55.9 Å². The van der Waals surface area contributed by atoms with Gasteiger partial charge in [0.05, 0.1) is 12.1 Å². The number of rotatable bonds is 2. The molecule has 2 aliphatic heterocycles. The number of carbonyl (C=O) groups is 2. The number of benzene rings is 2. The first-order valence-corrected chi connectivity index (χ1v) is 10.1. The molecule has 5 rings (SSSR count). The second-order valence-corrected chi connectivity index (χ2v) is 8.30. The lowest BCUT2D eigenvalue weighted by molar-refractivity contribution is -0.123. The molecule has 7 heteroatoms. The topological polar surface area (TPSA) is 59.7 Å². The van der Waals surface area contributed by atoms with Gasteiger partial charge in [0.2, 0.25) is 5.91 Å². The molecule has 1 atom stereocenters. The van der Waals surface area contributed by atoms with Crippen molar-refractivity contribution >= 4 is 28.4 Å². The number of piperazine rings is 1. The SMILES string of the molecule is CN1CC(=O)N(c2cccc(F)c2)C[C@@]12CCN(C(=O)c1ccc3[nH]ccc3c1)C2. The molecule has 0 unspecified atom stereocenters.